The van der Waals surface area contributed by atoms with Crippen LogP contribution < -0.4 is 11.3 Å². The molecule has 0 spiro atoms. The molecule has 0 amide bonds. The smallest absolute Gasteiger partial charge is 0.251 e. The van der Waals surface area contributed by atoms with Gasteiger partial charge in [0.15, 0.2) is 5.16 Å². The van der Waals surface area contributed by atoms with E-state index in [4.69, 9.17) is 5.73 Å². The van der Waals surface area contributed by atoms with E-state index in [0.29, 0.717) is 10.8 Å². The Labute approximate surface area is 96.1 Å². The highest BCUT2D eigenvalue weighted by atomic mass is 32.2. The van der Waals surface area contributed by atoms with Gasteiger partial charge in [0.1, 0.15) is 5.03 Å². The van der Waals surface area contributed by atoms with Crippen molar-refractivity contribution in [2.45, 2.75) is 17.1 Å². The fourth-order valence-electron chi connectivity index (χ4n) is 1.11. The molecule has 0 saturated carbocycles. The summed E-state index contributed by atoms with van der Waals surface area (Å²) >= 11 is 1.29. The van der Waals surface area contributed by atoms with Gasteiger partial charge in [0, 0.05) is 12.3 Å². The third-order valence-electron chi connectivity index (χ3n) is 1.95. The van der Waals surface area contributed by atoms with Gasteiger partial charge in [-0.25, -0.2) is 9.97 Å². The van der Waals surface area contributed by atoms with Gasteiger partial charge >= 0.3 is 0 Å². The molecule has 2 aromatic heterocycles. The molecular formula is C10H10N4OS. The average molecular weight is 234 g/mol. The number of aryl methyl sites for hydroxylation is 1. The minimum Gasteiger partial charge on any atom is -0.397 e. The molecule has 0 bridgehead atoms. The second-order valence-electron chi connectivity index (χ2n) is 3.17. The minimum atomic E-state index is -0.176. The van der Waals surface area contributed by atoms with E-state index in [1.165, 1.54) is 24.0 Å². The van der Waals surface area contributed by atoms with E-state index in [-0.39, 0.29) is 5.56 Å². The predicted molar refractivity (Wildman–Crippen MR) is 62.4 cm³/mol. The van der Waals surface area contributed by atoms with E-state index < -0.39 is 0 Å². The second-order valence-corrected chi connectivity index (χ2v) is 4.17. The number of aromatic amines is 1. The molecule has 2 aromatic rings. The standard InChI is InChI=1S/C10H10N4OS/c1-6-7(11)2-3-9(13-6)16-10-12-5-4-8(15)14-10/h2-5H,11H2,1H3,(H,12,14,15). The topological polar surface area (TPSA) is 84.7 Å². The van der Waals surface area contributed by atoms with Crippen molar-refractivity contribution in [1.29, 1.82) is 0 Å². The number of H-pyrrole nitrogens is 1. The van der Waals surface area contributed by atoms with Gasteiger partial charge in [0.2, 0.25) is 0 Å². The lowest BCUT2D eigenvalue weighted by molar-refractivity contribution is 0.930. The predicted octanol–water partition coefficient (Wildman–Crippen LogP) is 1.21. The van der Waals surface area contributed by atoms with Crippen LogP contribution in [0.5, 0.6) is 0 Å². The summed E-state index contributed by atoms with van der Waals surface area (Å²) < 4.78 is 0. The Hall–Kier alpha value is -1.82. The van der Waals surface area contributed by atoms with Crippen LogP contribution in [0, 0.1) is 6.92 Å². The lowest BCUT2D eigenvalue weighted by Gasteiger charge is -2.02. The Morgan fingerprint density at radius 1 is 1.38 bits per heavy atom. The number of aromatic nitrogens is 3. The number of nitrogen functional groups attached to an aromatic ring is 1. The molecule has 0 saturated heterocycles. The molecule has 0 aromatic carbocycles. The zero-order valence-electron chi connectivity index (χ0n) is 8.60. The monoisotopic (exact) mass is 234 g/mol. The maximum Gasteiger partial charge on any atom is 0.251 e. The molecule has 0 atom stereocenters. The van der Waals surface area contributed by atoms with Crippen LogP contribution in [0.1, 0.15) is 5.69 Å². The number of nitrogens with one attached hydrogen (secondary N) is 1. The molecule has 82 valence electrons. The largest absolute Gasteiger partial charge is 0.397 e. The van der Waals surface area contributed by atoms with Crippen LogP contribution in [0.25, 0.3) is 0 Å². The second kappa shape index (κ2) is 4.36. The van der Waals surface area contributed by atoms with Gasteiger partial charge in [-0.1, -0.05) is 0 Å². The lowest BCUT2D eigenvalue weighted by atomic mass is 10.3. The van der Waals surface area contributed by atoms with Gasteiger partial charge in [0.25, 0.3) is 5.56 Å². The number of hydrogen-bond acceptors (Lipinski definition) is 5. The van der Waals surface area contributed by atoms with Crippen molar-refractivity contribution in [3.63, 3.8) is 0 Å². The van der Waals surface area contributed by atoms with Crippen LogP contribution in [0.3, 0.4) is 0 Å². The molecule has 2 rings (SSSR count). The molecule has 0 aliphatic carbocycles. The van der Waals surface area contributed by atoms with E-state index >= 15 is 0 Å². The minimum absolute atomic E-state index is 0.176. The van der Waals surface area contributed by atoms with Crippen molar-refractivity contribution in [3.8, 4) is 0 Å². The number of rotatable bonds is 2. The first-order chi connectivity index (χ1) is 7.65. The summed E-state index contributed by atoms with van der Waals surface area (Å²) in [6.45, 7) is 1.83. The summed E-state index contributed by atoms with van der Waals surface area (Å²) in [5.74, 6) is 0. The van der Waals surface area contributed by atoms with E-state index in [2.05, 4.69) is 15.0 Å². The van der Waals surface area contributed by atoms with Crippen LogP contribution in [-0.4, -0.2) is 15.0 Å². The maximum atomic E-state index is 11.1. The molecule has 0 radical (unpaired) electrons. The Balaban J connectivity index is 2.27. The maximum absolute atomic E-state index is 11.1. The molecule has 0 unspecified atom stereocenters. The highest BCUT2D eigenvalue weighted by Gasteiger charge is 2.02. The Morgan fingerprint density at radius 2 is 2.19 bits per heavy atom. The van der Waals surface area contributed by atoms with Crippen molar-refractivity contribution >= 4 is 17.4 Å². The summed E-state index contributed by atoms with van der Waals surface area (Å²) in [5.41, 5.74) is 6.90. The summed E-state index contributed by atoms with van der Waals surface area (Å²) in [5, 5.41) is 1.27. The van der Waals surface area contributed by atoms with Crippen LogP contribution in [0.2, 0.25) is 0 Å². The molecule has 0 fully saturated rings. The number of pyridine rings is 1. The van der Waals surface area contributed by atoms with Gasteiger partial charge in [-0.2, -0.15) is 0 Å². The average Bonchev–Trinajstić information content (AvgIpc) is 2.24. The summed E-state index contributed by atoms with van der Waals surface area (Å²) in [4.78, 5) is 22.0. The Kier molecular flexibility index (Phi) is 2.91. The molecule has 3 N–H and O–H groups in total. The first kappa shape index (κ1) is 10.7. The van der Waals surface area contributed by atoms with Crippen LogP contribution >= 0.6 is 11.8 Å². The summed E-state index contributed by atoms with van der Waals surface area (Å²) in [7, 11) is 0. The zero-order chi connectivity index (χ0) is 11.5. The van der Waals surface area contributed by atoms with Crippen molar-refractivity contribution in [2.75, 3.05) is 5.73 Å². The van der Waals surface area contributed by atoms with Crippen molar-refractivity contribution in [3.05, 3.63) is 40.4 Å². The molecule has 0 aliphatic rings. The van der Waals surface area contributed by atoms with Gasteiger partial charge in [0.05, 0.1) is 11.4 Å². The third kappa shape index (κ3) is 2.40. The molecular weight excluding hydrogens is 224 g/mol. The fraction of sp³-hybridized carbons (Fsp3) is 0.100. The molecule has 6 heteroatoms. The quantitative estimate of drug-likeness (QED) is 0.763. The highest BCUT2D eigenvalue weighted by molar-refractivity contribution is 7.99. The molecule has 16 heavy (non-hydrogen) atoms. The van der Waals surface area contributed by atoms with E-state index in [1.807, 2.05) is 6.92 Å². The van der Waals surface area contributed by atoms with Crippen LogP contribution in [-0.2, 0) is 0 Å². The first-order valence-corrected chi connectivity index (χ1v) is 5.43. The van der Waals surface area contributed by atoms with Gasteiger partial charge in [-0.15, -0.1) is 0 Å². The number of nitrogens with zero attached hydrogens (tertiary/aromatic N) is 2. The highest BCUT2D eigenvalue weighted by Crippen LogP contribution is 2.23. The zero-order valence-corrected chi connectivity index (χ0v) is 9.41. The normalized spacial score (nSPS) is 10.3. The van der Waals surface area contributed by atoms with E-state index in [0.717, 1.165) is 10.7 Å². The SMILES string of the molecule is Cc1nc(Sc2nccc(=O)[nH]2)ccc1N. The van der Waals surface area contributed by atoms with Crippen molar-refractivity contribution in [1.82, 2.24) is 15.0 Å². The molecule has 5 nitrogen and oxygen atoms in total. The Morgan fingerprint density at radius 3 is 2.88 bits per heavy atom. The molecule has 0 aliphatic heterocycles. The van der Waals surface area contributed by atoms with Gasteiger partial charge in [-0.3, -0.25) is 4.79 Å². The van der Waals surface area contributed by atoms with Crippen LogP contribution in [0.15, 0.2) is 39.4 Å². The first-order valence-electron chi connectivity index (χ1n) is 4.61. The number of nitrogens with two attached hydrogens (primary N) is 1. The van der Waals surface area contributed by atoms with Crippen LogP contribution in [0.4, 0.5) is 5.69 Å². The van der Waals surface area contributed by atoms with E-state index in [9.17, 15) is 4.79 Å². The summed E-state index contributed by atoms with van der Waals surface area (Å²) in [6, 6.07) is 4.94. The number of anilines is 1. The summed E-state index contributed by atoms with van der Waals surface area (Å²) in [6.07, 6.45) is 1.46. The van der Waals surface area contributed by atoms with Crippen molar-refractivity contribution in [2.24, 2.45) is 0 Å². The fourth-order valence-corrected chi connectivity index (χ4v) is 1.89. The Bertz CT molecular complexity index is 567. The lowest BCUT2D eigenvalue weighted by Crippen LogP contribution is -2.05. The third-order valence-corrected chi connectivity index (χ3v) is 2.79. The van der Waals surface area contributed by atoms with Crippen molar-refractivity contribution < 1.29 is 0 Å². The molecule has 2 heterocycles. The number of hydrogen-bond donors (Lipinski definition) is 2. The van der Waals surface area contributed by atoms with E-state index in [1.54, 1.807) is 12.1 Å². The van der Waals surface area contributed by atoms with Gasteiger partial charge < -0.3 is 10.7 Å². The van der Waals surface area contributed by atoms with Gasteiger partial charge in [-0.05, 0) is 30.8 Å².